The smallest absolute Gasteiger partial charge is 0.338 e. The zero-order valence-corrected chi connectivity index (χ0v) is 21.8. The lowest BCUT2D eigenvalue weighted by Gasteiger charge is -2.26. The number of nitrogens with zero attached hydrogens (tertiary/aromatic N) is 3. The van der Waals surface area contributed by atoms with Crippen LogP contribution in [-0.2, 0) is 16.6 Å². The van der Waals surface area contributed by atoms with Crippen molar-refractivity contribution < 1.29 is 19.0 Å². The van der Waals surface area contributed by atoms with Gasteiger partial charge in [-0.25, -0.2) is 9.79 Å². The molecule has 9 heteroatoms. The molecule has 2 aromatic heterocycles. The number of carbonyl (C=O) groups excluding carboxylic acids is 1. The quantitative estimate of drug-likeness (QED) is 0.491. The van der Waals surface area contributed by atoms with E-state index >= 15 is 0 Å². The zero-order valence-electron chi connectivity index (χ0n) is 21.0. The van der Waals surface area contributed by atoms with Crippen LogP contribution in [0.2, 0.25) is 0 Å². The molecule has 35 heavy (non-hydrogen) atoms. The minimum atomic E-state index is -0.781. The van der Waals surface area contributed by atoms with E-state index in [1.165, 1.54) is 18.4 Å². The first-order valence-corrected chi connectivity index (χ1v) is 12.1. The van der Waals surface area contributed by atoms with E-state index in [4.69, 9.17) is 14.2 Å². The number of hydrogen-bond acceptors (Lipinski definition) is 7. The first kappa shape index (κ1) is 24.5. The van der Waals surface area contributed by atoms with Gasteiger partial charge in [0.05, 0.1) is 36.6 Å². The number of ether oxygens (including phenoxy) is 3. The summed E-state index contributed by atoms with van der Waals surface area (Å²) in [5.74, 6) is 0.424. The Morgan fingerprint density at radius 3 is 2.54 bits per heavy atom. The lowest BCUT2D eigenvalue weighted by molar-refractivity contribution is -0.139. The Morgan fingerprint density at radius 2 is 1.94 bits per heavy atom. The van der Waals surface area contributed by atoms with Gasteiger partial charge in [-0.1, -0.05) is 23.5 Å². The molecule has 0 fully saturated rings. The Morgan fingerprint density at radius 1 is 1.20 bits per heavy atom. The first-order chi connectivity index (χ1) is 16.7. The van der Waals surface area contributed by atoms with E-state index < -0.39 is 12.0 Å². The molecule has 0 saturated heterocycles. The van der Waals surface area contributed by atoms with Gasteiger partial charge in [0.1, 0.15) is 6.04 Å². The lowest BCUT2D eigenvalue weighted by atomic mass is 9.94. The van der Waals surface area contributed by atoms with Gasteiger partial charge < -0.3 is 18.8 Å². The molecule has 0 saturated carbocycles. The van der Waals surface area contributed by atoms with Crippen LogP contribution >= 0.6 is 11.3 Å². The van der Waals surface area contributed by atoms with E-state index in [0.717, 1.165) is 17.0 Å². The van der Waals surface area contributed by atoms with Gasteiger partial charge in [0.15, 0.2) is 16.3 Å². The normalized spacial score (nSPS) is 15.6. The number of carbonyl (C=O) groups is 1. The van der Waals surface area contributed by atoms with Crippen LogP contribution < -0.4 is 24.4 Å². The molecule has 0 spiro atoms. The number of rotatable bonds is 6. The van der Waals surface area contributed by atoms with Gasteiger partial charge in [-0.2, -0.15) is 0 Å². The molecule has 184 valence electrons. The number of thiazole rings is 1. The maximum atomic E-state index is 13.8. The Hall–Kier alpha value is -3.59. The number of fused-ring (bicyclic) bond motifs is 1. The van der Waals surface area contributed by atoms with Crippen LogP contribution in [0.25, 0.3) is 6.08 Å². The fourth-order valence-corrected chi connectivity index (χ4v) is 5.42. The van der Waals surface area contributed by atoms with Crippen LogP contribution in [0.3, 0.4) is 0 Å². The predicted octanol–water partition coefficient (Wildman–Crippen LogP) is 2.77. The summed E-state index contributed by atoms with van der Waals surface area (Å²) in [6.45, 7) is 7.75. The molecule has 3 aromatic rings. The number of aryl methyl sites for hydroxylation is 1. The van der Waals surface area contributed by atoms with Crippen molar-refractivity contribution in [3.63, 3.8) is 0 Å². The van der Waals surface area contributed by atoms with Gasteiger partial charge in [0.25, 0.3) is 5.56 Å². The van der Waals surface area contributed by atoms with Gasteiger partial charge in [-0.05, 0) is 51.5 Å². The van der Waals surface area contributed by atoms with Crippen LogP contribution in [0.15, 0.2) is 45.3 Å². The number of methoxy groups -OCH3 is 2. The Kier molecular flexibility index (Phi) is 6.71. The maximum absolute atomic E-state index is 13.8. The van der Waals surface area contributed by atoms with E-state index in [-0.39, 0.29) is 12.2 Å². The fourth-order valence-electron chi connectivity index (χ4n) is 4.38. The highest BCUT2D eigenvalue weighted by atomic mass is 32.1. The largest absolute Gasteiger partial charge is 0.493 e. The number of esters is 1. The third kappa shape index (κ3) is 4.10. The second kappa shape index (κ2) is 9.58. The predicted molar refractivity (Wildman–Crippen MR) is 135 cm³/mol. The maximum Gasteiger partial charge on any atom is 0.338 e. The first-order valence-electron chi connectivity index (χ1n) is 11.3. The van der Waals surface area contributed by atoms with Gasteiger partial charge >= 0.3 is 5.97 Å². The molecular formula is C26H29N3O5S. The Bertz CT molecular complexity index is 1520. The molecule has 0 aliphatic carbocycles. The molecule has 0 radical (unpaired) electrons. The molecule has 0 N–H and O–H groups in total. The van der Waals surface area contributed by atoms with Crippen molar-refractivity contribution in [1.29, 1.82) is 0 Å². The van der Waals surface area contributed by atoms with Crippen molar-refractivity contribution in [3.8, 4) is 11.5 Å². The molecule has 0 bridgehead atoms. The van der Waals surface area contributed by atoms with Crippen LogP contribution in [-0.4, -0.2) is 35.9 Å². The summed E-state index contributed by atoms with van der Waals surface area (Å²) < 4.78 is 20.7. The highest BCUT2D eigenvalue weighted by molar-refractivity contribution is 7.07. The van der Waals surface area contributed by atoms with Crippen molar-refractivity contribution in [3.05, 3.63) is 77.7 Å². The van der Waals surface area contributed by atoms with Crippen molar-refractivity contribution in [2.45, 2.75) is 33.7 Å². The summed E-state index contributed by atoms with van der Waals surface area (Å²) in [6, 6.07) is 6.67. The number of aromatic nitrogens is 2. The van der Waals surface area contributed by atoms with E-state index in [2.05, 4.69) is 9.56 Å². The molecular weight excluding hydrogens is 466 g/mol. The third-order valence-electron chi connectivity index (χ3n) is 6.35. The Labute approximate surface area is 207 Å². The summed E-state index contributed by atoms with van der Waals surface area (Å²) in [4.78, 5) is 32.1. The molecule has 0 amide bonds. The SMILES string of the molecule is CCOC(=O)C1=C(C)N=c2s/c(=C\c3cc(C)n(C)c3C)c(=O)n2[C@H]1c1cccc(OC)c1OC. The van der Waals surface area contributed by atoms with Crippen molar-refractivity contribution in [2.75, 3.05) is 20.8 Å². The van der Waals surface area contributed by atoms with Gasteiger partial charge in [-0.15, -0.1) is 0 Å². The van der Waals surface area contributed by atoms with Crippen LogP contribution in [0, 0.1) is 13.8 Å². The number of para-hydroxylation sites is 1. The average molecular weight is 496 g/mol. The third-order valence-corrected chi connectivity index (χ3v) is 7.33. The molecule has 1 atom stereocenters. The molecule has 0 unspecified atom stereocenters. The van der Waals surface area contributed by atoms with E-state index in [1.807, 2.05) is 39.1 Å². The minimum absolute atomic E-state index is 0.203. The van der Waals surface area contributed by atoms with Crippen LogP contribution in [0.1, 0.15) is 42.4 Å². The monoisotopic (exact) mass is 495 g/mol. The minimum Gasteiger partial charge on any atom is -0.493 e. The van der Waals surface area contributed by atoms with Gasteiger partial charge in [-0.3, -0.25) is 9.36 Å². The summed E-state index contributed by atoms with van der Waals surface area (Å²) in [5, 5.41) is 0. The van der Waals surface area contributed by atoms with E-state index in [9.17, 15) is 9.59 Å². The van der Waals surface area contributed by atoms with E-state index in [0.29, 0.717) is 37.7 Å². The second-order valence-electron chi connectivity index (χ2n) is 8.27. The molecule has 4 rings (SSSR count). The average Bonchev–Trinajstić information content (AvgIpc) is 3.27. The van der Waals surface area contributed by atoms with Crippen molar-refractivity contribution in [1.82, 2.24) is 9.13 Å². The highest BCUT2D eigenvalue weighted by Gasteiger charge is 2.35. The number of hydrogen-bond donors (Lipinski definition) is 0. The fraction of sp³-hybridized carbons (Fsp3) is 0.346. The summed E-state index contributed by atoms with van der Waals surface area (Å²) >= 11 is 1.29. The second-order valence-corrected chi connectivity index (χ2v) is 9.28. The Balaban J connectivity index is 2.04. The summed E-state index contributed by atoms with van der Waals surface area (Å²) in [5.41, 5.74) is 4.29. The molecule has 8 nitrogen and oxygen atoms in total. The summed E-state index contributed by atoms with van der Waals surface area (Å²) in [6.07, 6.45) is 1.88. The van der Waals surface area contributed by atoms with Crippen LogP contribution in [0.4, 0.5) is 0 Å². The standard InChI is InChI=1S/C26H29N3O5S/c1-8-34-25(31)21-15(3)27-26-29(22(21)18-10-9-11-19(32-6)23(18)33-7)24(30)20(35-26)13-17-12-14(2)28(5)16(17)4/h9-13,22H,8H2,1-7H3/b20-13-/t22-/m0/s1. The van der Waals surface area contributed by atoms with Crippen molar-refractivity contribution >= 4 is 23.4 Å². The molecule has 3 heterocycles. The highest BCUT2D eigenvalue weighted by Crippen LogP contribution is 2.40. The lowest BCUT2D eigenvalue weighted by Crippen LogP contribution is -2.40. The van der Waals surface area contributed by atoms with Gasteiger partial charge in [0, 0.05) is 24.0 Å². The van der Waals surface area contributed by atoms with E-state index in [1.54, 1.807) is 37.7 Å². The summed E-state index contributed by atoms with van der Waals surface area (Å²) in [7, 11) is 5.07. The topological polar surface area (TPSA) is 84.1 Å². The molecule has 1 aliphatic heterocycles. The molecule has 1 aliphatic rings. The van der Waals surface area contributed by atoms with Gasteiger partial charge in [0.2, 0.25) is 0 Å². The number of benzene rings is 1. The number of allylic oxidation sites excluding steroid dienone is 1. The molecule has 1 aromatic carbocycles. The van der Waals surface area contributed by atoms with Crippen LogP contribution in [0.5, 0.6) is 11.5 Å². The zero-order chi connectivity index (χ0) is 25.4. The van der Waals surface area contributed by atoms with Crippen molar-refractivity contribution in [2.24, 2.45) is 12.0 Å².